The molecule has 1 aliphatic heterocycles. The van der Waals surface area contributed by atoms with E-state index in [-0.39, 0.29) is 23.8 Å². The maximum atomic E-state index is 12.9. The van der Waals surface area contributed by atoms with Crippen molar-refractivity contribution in [2.45, 2.75) is 13.2 Å². The molecule has 0 bridgehead atoms. The number of carbonyl (C=O) groups excluding carboxylic acids is 1. The van der Waals surface area contributed by atoms with Crippen LogP contribution in [0, 0.1) is 6.92 Å². The number of ether oxygens (including phenoxy) is 3. The molecule has 0 spiro atoms. The van der Waals surface area contributed by atoms with Crippen LogP contribution in [0.5, 0.6) is 11.6 Å². The number of aryl methyl sites for hydroxylation is 2. The number of carbonyl (C=O) groups is 1. The quantitative estimate of drug-likeness (QED) is 0.687. The van der Waals surface area contributed by atoms with E-state index in [1.54, 1.807) is 44.4 Å². The zero-order chi connectivity index (χ0) is 19.0. The number of nitrogens with zero attached hydrogens (tertiary/aromatic N) is 3. The van der Waals surface area contributed by atoms with E-state index < -0.39 is 6.29 Å². The number of aromatic hydroxyl groups is 1. The predicted octanol–water partition coefficient (Wildman–Crippen LogP) is 1.97. The summed E-state index contributed by atoms with van der Waals surface area (Å²) < 4.78 is 17.9. The second-order valence-corrected chi connectivity index (χ2v) is 6.26. The first-order chi connectivity index (χ1) is 13.0. The van der Waals surface area contributed by atoms with Gasteiger partial charge in [0.1, 0.15) is 17.9 Å². The highest BCUT2D eigenvalue weighted by Crippen LogP contribution is 2.28. The molecule has 3 heterocycles. The van der Waals surface area contributed by atoms with E-state index >= 15 is 0 Å². The number of ketones is 1. The fourth-order valence-electron chi connectivity index (χ4n) is 3.11. The third-order valence-corrected chi connectivity index (χ3v) is 4.45. The summed E-state index contributed by atoms with van der Waals surface area (Å²) in [4.78, 5) is 17.2. The number of fused-ring (bicyclic) bond motifs is 1. The van der Waals surface area contributed by atoms with Gasteiger partial charge in [0.2, 0.25) is 5.88 Å². The van der Waals surface area contributed by atoms with Crippen molar-refractivity contribution >= 4 is 16.7 Å². The Bertz CT molecular complexity index is 1010. The Labute approximate surface area is 155 Å². The summed E-state index contributed by atoms with van der Waals surface area (Å²) in [5.74, 6) is 0.119. The Kier molecular flexibility index (Phi) is 4.51. The first kappa shape index (κ1) is 17.4. The summed E-state index contributed by atoms with van der Waals surface area (Å²) in [7, 11) is 1.59. The molecule has 1 saturated heterocycles. The summed E-state index contributed by atoms with van der Waals surface area (Å²) in [5.41, 5.74) is 1.78. The van der Waals surface area contributed by atoms with Crippen molar-refractivity contribution < 1.29 is 24.1 Å². The third-order valence-electron chi connectivity index (χ3n) is 4.45. The van der Waals surface area contributed by atoms with E-state index in [2.05, 4.69) is 10.1 Å². The number of hydrogen-bond acceptors (Lipinski definition) is 7. The topological polar surface area (TPSA) is 95.7 Å². The molecule has 0 unspecified atom stereocenters. The molecule has 1 N–H and O–H groups in total. The summed E-state index contributed by atoms with van der Waals surface area (Å²) in [6.07, 6.45) is 1.25. The fourth-order valence-corrected chi connectivity index (χ4v) is 3.11. The molecule has 8 nitrogen and oxygen atoms in total. The molecule has 8 heteroatoms. The van der Waals surface area contributed by atoms with Crippen LogP contribution in [0.25, 0.3) is 10.9 Å². The van der Waals surface area contributed by atoms with E-state index in [1.165, 1.54) is 4.68 Å². The molecular formula is C19H19N3O5. The van der Waals surface area contributed by atoms with Crippen molar-refractivity contribution in [2.24, 2.45) is 7.05 Å². The van der Waals surface area contributed by atoms with Gasteiger partial charge in [0.05, 0.1) is 24.4 Å². The molecule has 0 saturated carbocycles. The van der Waals surface area contributed by atoms with Crippen molar-refractivity contribution in [2.75, 3.05) is 19.8 Å². The van der Waals surface area contributed by atoms with Crippen LogP contribution < -0.4 is 4.74 Å². The van der Waals surface area contributed by atoms with Gasteiger partial charge in [-0.3, -0.25) is 9.78 Å². The van der Waals surface area contributed by atoms with Gasteiger partial charge >= 0.3 is 0 Å². The van der Waals surface area contributed by atoms with Gasteiger partial charge < -0.3 is 19.3 Å². The van der Waals surface area contributed by atoms with E-state index in [0.717, 1.165) is 0 Å². The maximum Gasteiger partial charge on any atom is 0.220 e. The Hall–Kier alpha value is -2.97. The average Bonchev–Trinajstić information content (AvgIpc) is 3.27. The SMILES string of the molecule is Cc1nn(C)c(O)c1C(=O)c1ccc2nccc(OCC3OCCO3)c2c1. The number of hydrogen-bond donors (Lipinski definition) is 1. The molecule has 0 amide bonds. The van der Waals surface area contributed by atoms with Gasteiger partial charge in [-0.05, 0) is 31.2 Å². The highest BCUT2D eigenvalue weighted by atomic mass is 16.7. The zero-order valence-corrected chi connectivity index (χ0v) is 15.0. The van der Waals surface area contributed by atoms with Crippen LogP contribution in [0.15, 0.2) is 30.5 Å². The normalized spacial score (nSPS) is 14.7. The van der Waals surface area contributed by atoms with Gasteiger partial charge in [-0.15, -0.1) is 0 Å². The Morgan fingerprint density at radius 3 is 2.81 bits per heavy atom. The average molecular weight is 369 g/mol. The van der Waals surface area contributed by atoms with E-state index in [4.69, 9.17) is 14.2 Å². The van der Waals surface area contributed by atoms with Crippen LogP contribution in [0.3, 0.4) is 0 Å². The van der Waals surface area contributed by atoms with Crippen LogP contribution in [-0.2, 0) is 16.5 Å². The lowest BCUT2D eigenvalue weighted by Crippen LogP contribution is -2.18. The van der Waals surface area contributed by atoms with Crippen LogP contribution in [0.2, 0.25) is 0 Å². The van der Waals surface area contributed by atoms with Crippen molar-refractivity contribution in [3.8, 4) is 11.6 Å². The van der Waals surface area contributed by atoms with Crippen molar-refractivity contribution in [3.05, 3.63) is 47.3 Å². The summed E-state index contributed by atoms with van der Waals surface area (Å²) >= 11 is 0. The molecule has 3 aromatic rings. The minimum absolute atomic E-state index is 0.157. The molecule has 2 aromatic heterocycles. The molecule has 27 heavy (non-hydrogen) atoms. The molecule has 140 valence electrons. The Balaban J connectivity index is 1.68. The second-order valence-electron chi connectivity index (χ2n) is 6.26. The van der Waals surface area contributed by atoms with E-state index in [0.29, 0.717) is 41.1 Å². The molecule has 0 aliphatic carbocycles. The smallest absolute Gasteiger partial charge is 0.220 e. The van der Waals surface area contributed by atoms with Crippen LogP contribution >= 0.6 is 0 Å². The number of pyridine rings is 1. The maximum absolute atomic E-state index is 12.9. The second kappa shape index (κ2) is 6.98. The molecule has 1 aliphatic rings. The molecule has 4 rings (SSSR count). The molecule has 0 radical (unpaired) electrons. The van der Waals surface area contributed by atoms with E-state index in [9.17, 15) is 9.90 Å². The van der Waals surface area contributed by atoms with Gasteiger partial charge in [0.15, 0.2) is 12.1 Å². The first-order valence-electron chi connectivity index (χ1n) is 8.56. The lowest BCUT2D eigenvalue weighted by molar-refractivity contribution is -0.0681. The van der Waals surface area contributed by atoms with Gasteiger partial charge in [0.25, 0.3) is 0 Å². The van der Waals surface area contributed by atoms with Gasteiger partial charge in [-0.1, -0.05) is 0 Å². The highest BCUT2D eigenvalue weighted by Gasteiger charge is 2.22. The number of rotatable bonds is 5. The standard InChI is InChI=1S/C19H19N3O5/c1-11-17(19(24)22(2)21-11)18(23)12-3-4-14-13(9-12)15(5-6-20-14)27-10-16-25-7-8-26-16/h3-6,9,16,24H,7-8,10H2,1-2H3. The summed E-state index contributed by atoms with van der Waals surface area (Å²) in [6.45, 7) is 3.04. The summed E-state index contributed by atoms with van der Waals surface area (Å²) in [6, 6.07) is 6.87. The first-order valence-corrected chi connectivity index (χ1v) is 8.56. The predicted molar refractivity (Wildman–Crippen MR) is 96.0 cm³/mol. The van der Waals surface area contributed by atoms with Gasteiger partial charge in [-0.25, -0.2) is 4.68 Å². The number of benzene rings is 1. The molecule has 0 atom stereocenters. The Morgan fingerprint density at radius 2 is 2.11 bits per heavy atom. The largest absolute Gasteiger partial charge is 0.493 e. The minimum atomic E-state index is -0.395. The molecular weight excluding hydrogens is 350 g/mol. The van der Waals surface area contributed by atoms with Crippen molar-refractivity contribution in [3.63, 3.8) is 0 Å². The summed E-state index contributed by atoms with van der Waals surface area (Å²) in [5, 5.41) is 14.9. The van der Waals surface area contributed by atoms with Crippen LogP contribution in [0.1, 0.15) is 21.6 Å². The lowest BCUT2D eigenvalue weighted by Gasteiger charge is -2.13. The lowest BCUT2D eigenvalue weighted by atomic mass is 10.0. The monoisotopic (exact) mass is 369 g/mol. The molecule has 1 aromatic carbocycles. The van der Waals surface area contributed by atoms with Crippen molar-refractivity contribution in [1.29, 1.82) is 0 Å². The number of aromatic nitrogens is 3. The van der Waals surface area contributed by atoms with Crippen molar-refractivity contribution in [1.82, 2.24) is 14.8 Å². The minimum Gasteiger partial charge on any atom is -0.493 e. The van der Waals surface area contributed by atoms with Gasteiger partial charge in [-0.2, -0.15) is 5.10 Å². The third kappa shape index (κ3) is 3.24. The van der Waals surface area contributed by atoms with Crippen LogP contribution in [0.4, 0.5) is 0 Å². The van der Waals surface area contributed by atoms with Crippen LogP contribution in [-0.4, -0.2) is 51.8 Å². The zero-order valence-electron chi connectivity index (χ0n) is 15.0. The Morgan fingerprint density at radius 1 is 1.33 bits per heavy atom. The van der Waals surface area contributed by atoms with E-state index in [1.807, 2.05) is 0 Å². The highest BCUT2D eigenvalue weighted by molar-refractivity contribution is 6.12. The molecule has 1 fully saturated rings. The fraction of sp³-hybridized carbons (Fsp3) is 0.316. The van der Waals surface area contributed by atoms with Gasteiger partial charge in [0, 0.05) is 24.2 Å².